The first-order valence-corrected chi connectivity index (χ1v) is 7.62. The van der Waals surface area contributed by atoms with Gasteiger partial charge in [-0.2, -0.15) is 0 Å². The maximum Gasteiger partial charge on any atom is 0.253 e. The molecule has 1 amide bonds. The van der Waals surface area contributed by atoms with Crippen molar-refractivity contribution in [1.29, 1.82) is 0 Å². The third-order valence-corrected chi connectivity index (χ3v) is 3.72. The number of nitrogens with one attached hydrogen (secondary N) is 1. The molecule has 2 heterocycles. The van der Waals surface area contributed by atoms with Gasteiger partial charge in [0.05, 0.1) is 11.6 Å². The Morgan fingerprint density at radius 2 is 1.80 bits per heavy atom. The monoisotopic (exact) mass is 339 g/mol. The number of hydrogen-bond acceptors (Lipinski definition) is 3. The molecule has 2 aromatic heterocycles. The van der Waals surface area contributed by atoms with Crippen LogP contribution in [0.3, 0.4) is 0 Å². The van der Waals surface area contributed by atoms with Crippen molar-refractivity contribution in [3.63, 3.8) is 0 Å². The van der Waals surface area contributed by atoms with Crippen LogP contribution < -0.4 is 5.32 Å². The first kappa shape index (κ1) is 16.7. The van der Waals surface area contributed by atoms with Gasteiger partial charge in [0.15, 0.2) is 0 Å². The van der Waals surface area contributed by atoms with Crippen LogP contribution in [0.25, 0.3) is 0 Å². The van der Waals surface area contributed by atoms with Crippen LogP contribution >= 0.6 is 0 Å². The number of carbonyl (C=O) groups excluding carboxylic acids is 1. The zero-order valence-electron chi connectivity index (χ0n) is 13.4. The zero-order chi connectivity index (χ0) is 17.8. The summed E-state index contributed by atoms with van der Waals surface area (Å²) in [5.41, 5.74) is 1.80. The standard InChI is InChI=1S/C19H15F2N3O/c1-12-8-14(11-23-10-12)19(25)24-18(13-4-6-22-7-5-13)16-9-15(20)2-3-17(16)21/h2-11,18H,1H3,(H,24,25). The van der Waals surface area contributed by atoms with Crippen LogP contribution in [-0.2, 0) is 0 Å². The van der Waals surface area contributed by atoms with Crippen molar-refractivity contribution in [2.24, 2.45) is 0 Å². The molecule has 0 aliphatic rings. The van der Waals surface area contributed by atoms with Crippen molar-refractivity contribution in [1.82, 2.24) is 15.3 Å². The number of benzene rings is 1. The Bertz CT molecular complexity index is 900. The highest BCUT2D eigenvalue weighted by Gasteiger charge is 2.22. The molecule has 4 nitrogen and oxygen atoms in total. The smallest absolute Gasteiger partial charge is 0.253 e. The van der Waals surface area contributed by atoms with Gasteiger partial charge in [-0.1, -0.05) is 0 Å². The molecular weight excluding hydrogens is 324 g/mol. The van der Waals surface area contributed by atoms with Crippen LogP contribution in [0.15, 0.2) is 61.2 Å². The Hall–Kier alpha value is -3.15. The highest BCUT2D eigenvalue weighted by Crippen LogP contribution is 2.25. The van der Waals surface area contributed by atoms with Crippen LogP contribution in [0.5, 0.6) is 0 Å². The Morgan fingerprint density at radius 1 is 1.04 bits per heavy atom. The van der Waals surface area contributed by atoms with Gasteiger partial charge < -0.3 is 5.32 Å². The lowest BCUT2D eigenvalue weighted by Gasteiger charge is -2.20. The second kappa shape index (κ2) is 7.17. The molecule has 0 saturated carbocycles. The van der Waals surface area contributed by atoms with Gasteiger partial charge in [-0.25, -0.2) is 8.78 Å². The van der Waals surface area contributed by atoms with Crippen LogP contribution in [0.1, 0.15) is 33.1 Å². The van der Waals surface area contributed by atoms with E-state index in [0.29, 0.717) is 11.1 Å². The van der Waals surface area contributed by atoms with Gasteiger partial charge >= 0.3 is 0 Å². The summed E-state index contributed by atoms with van der Waals surface area (Å²) in [4.78, 5) is 20.5. The summed E-state index contributed by atoms with van der Waals surface area (Å²) in [6, 6.07) is 7.26. The fourth-order valence-corrected chi connectivity index (χ4v) is 2.53. The number of halogens is 2. The van der Waals surface area contributed by atoms with E-state index in [1.807, 2.05) is 6.92 Å². The minimum Gasteiger partial charge on any atom is -0.341 e. The zero-order valence-corrected chi connectivity index (χ0v) is 13.4. The summed E-state index contributed by atoms with van der Waals surface area (Å²) in [7, 11) is 0. The number of aromatic nitrogens is 2. The van der Waals surface area contributed by atoms with Crippen LogP contribution in [0.4, 0.5) is 8.78 Å². The van der Waals surface area contributed by atoms with Crippen molar-refractivity contribution in [2.45, 2.75) is 13.0 Å². The molecule has 1 unspecified atom stereocenters. The number of pyridine rings is 2. The number of rotatable bonds is 4. The SMILES string of the molecule is Cc1cncc(C(=O)NC(c2ccncc2)c2cc(F)ccc2F)c1. The molecule has 0 spiro atoms. The van der Waals surface area contributed by atoms with Crippen molar-refractivity contribution in [3.8, 4) is 0 Å². The summed E-state index contributed by atoms with van der Waals surface area (Å²) in [6.07, 6.45) is 6.11. The Kier molecular flexibility index (Phi) is 4.79. The van der Waals surface area contributed by atoms with Gasteiger partial charge in [0, 0.05) is 30.4 Å². The molecule has 0 radical (unpaired) electrons. The topological polar surface area (TPSA) is 54.9 Å². The minimum absolute atomic E-state index is 0.0418. The second-order valence-electron chi connectivity index (χ2n) is 5.60. The highest BCUT2D eigenvalue weighted by atomic mass is 19.1. The maximum atomic E-state index is 14.3. The van der Waals surface area contributed by atoms with E-state index in [1.54, 1.807) is 24.4 Å². The molecule has 1 aromatic carbocycles. The van der Waals surface area contributed by atoms with Gasteiger partial charge in [0.25, 0.3) is 5.91 Å². The molecule has 126 valence electrons. The quantitative estimate of drug-likeness (QED) is 0.790. The molecule has 25 heavy (non-hydrogen) atoms. The van der Waals surface area contributed by atoms with E-state index in [9.17, 15) is 13.6 Å². The molecule has 0 fully saturated rings. The molecule has 1 atom stereocenters. The van der Waals surface area contributed by atoms with Gasteiger partial charge in [-0.05, 0) is 54.4 Å². The van der Waals surface area contributed by atoms with Gasteiger partial charge in [-0.3, -0.25) is 14.8 Å². The van der Waals surface area contributed by atoms with Crippen LogP contribution in [0, 0.1) is 18.6 Å². The van der Waals surface area contributed by atoms with Crippen molar-refractivity contribution in [2.75, 3.05) is 0 Å². The number of hydrogen-bond donors (Lipinski definition) is 1. The molecule has 3 rings (SSSR count). The van der Waals surface area contributed by atoms with Crippen molar-refractivity contribution >= 4 is 5.91 Å². The fraction of sp³-hybridized carbons (Fsp3) is 0.105. The lowest BCUT2D eigenvalue weighted by molar-refractivity contribution is 0.0942. The van der Waals surface area contributed by atoms with Crippen molar-refractivity contribution in [3.05, 3.63) is 95.1 Å². The number of aryl methyl sites for hydroxylation is 1. The molecule has 0 aliphatic carbocycles. The van der Waals surface area contributed by atoms with Crippen LogP contribution in [0.2, 0.25) is 0 Å². The van der Waals surface area contributed by atoms with Gasteiger partial charge in [-0.15, -0.1) is 0 Å². The molecule has 0 saturated heterocycles. The third kappa shape index (κ3) is 3.85. The summed E-state index contributed by atoms with van der Waals surface area (Å²) >= 11 is 0. The Morgan fingerprint density at radius 3 is 2.52 bits per heavy atom. The second-order valence-corrected chi connectivity index (χ2v) is 5.60. The Labute approximate surface area is 143 Å². The van der Waals surface area contributed by atoms with Crippen LogP contribution in [-0.4, -0.2) is 15.9 Å². The predicted octanol–water partition coefficient (Wildman–Crippen LogP) is 3.58. The van der Waals surface area contributed by atoms with E-state index < -0.39 is 23.6 Å². The molecule has 3 aromatic rings. The molecule has 1 N–H and O–H groups in total. The van der Waals surface area contributed by atoms with E-state index >= 15 is 0 Å². The number of nitrogens with zero attached hydrogens (tertiary/aromatic N) is 2. The summed E-state index contributed by atoms with van der Waals surface area (Å²) in [5.74, 6) is -1.62. The predicted molar refractivity (Wildman–Crippen MR) is 88.9 cm³/mol. The summed E-state index contributed by atoms with van der Waals surface area (Å²) in [6.45, 7) is 1.82. The van der Waals surface area contributed by atoms with E-state index in [0.717, 1.165) is 23.8 Å². The average Bonchev–Trinajstić information content (AvgIpc) is 2.62. The lowest BCUT2D eigenvalue weighted by atomic mass is 9.98. The maximum absolute atomic E-state index is 14.3. The number of carbonyl (C=O) groups is 1. The molecule has 0 aliphatic heterocycles. The van der Waals surface area contributed by atoms with E-state index in [-0.39, 0.29) is 5.56 Å². The minimum atomic E-state index is -0.855. The van der Waals surface area contributed by atoms with E-state index in [4.69, 9.17) is 0 Å². The molecule has 6 heteroatoms. The third-order valence-electron chi connectivity index (χ3n) is 3.72. The molecule has 0 bridgehead atoms. The lowest BCUT2D eigenvalue weighted by Crippen LogP contribution is -2.30. The number of amides is 1. The summed E-state index contributed by atoms with van der Waals surface area (Å²) in [5, 5.41) is 2.75. The largest absolute Gasteiger partial charge is 0.341 e. The van der Waals surface area contributed by atoms with E-state index in [1.165, 1.54) is 18.6 Å². The fourth-order valence-electron chi connectivity index (χ4n) is 2.53. The van der Waals surface area contributed by atoms with Gasteiger partial charge in [0.2, 0.25) is 0 Å². The van der Waals surface area contributed by atoms with Gasteiger partial charge in [0.1, 0.15) is 11.6 Å². The first-order valence-electron chi connectivity index (χ1n) is 7.62. The normalized spacial score (nSPS) is 11.8. The van der Waals surface area contributed by atoms with E-state index in [2.05, 4.69) is 15.3 Å². The summed E-state index contributed by atoms with van der Waals surface area (Å²) < 4.78 is 27.9. The van der Waals surface area contributed by atoms with Crippen molar-refractivity contribution < 1.29 is 13.6 Å². The highest BCUT2D eigenvalue weighted by molar-refractivity contribution is 5.94. The first-order chi connectivity index (χ1) is 12.0. The Balaban J connectivity index is 2.00. The molecular formula is C19H15F2N3O. The average molecular weight is 339 g/mol.